The SMILES string of the molecule is Cc1cn(CCc2ncno2)c(=S)[nH]1. The number of rotatable bonds is 3. The first-order valence-electron chi connectivity index (χ1n) is 4.27. The molecule has 2 heterocycles. The molecule has 0 saturated carbocycles. The molecule has 0 unspecified atom stereocenters. The summed E-state index contributed by atoms with van der Waals surface area (Å²) in [7, 11) is 0. The Morgan fingerprint density at radius 2 is 2.50 bits per heavy atom. The Morgan fingerprint density at radius 1 is 1.64 bits per heavy atom. The predicted molar refractivity (Wildman–Crippen MR) is 52.4 cm³/mol. The summed E-state index contributed by atoms with van der Waals surface area (Å²) in [6, 6.07) is 0. The lowest BCUT2D eigenvalue weighted by Gasteiger charge is -1.97. The lowest BCUT2D eigenvalue weighted by atomic mass is 10.4. The van der Waals surface area contributed by atoms with Crippen LogP contribution in [-0.4, -0.2) is 19.7 Å². The van der Waals surface area contributed by atoms with Crippen molar-refractivity contribution in [1.29, 1.82) is 0 Å². The fourth-order valence-corrected chi connectivity index (χ4v) is 1.56. The van der Waals surface area contributed by atoms with Crippen LogP contribution in [0.4, 0.5) is 0 Å². The predicted octanol–water partition coefficient (Wildman–Crippen LogP) is 1.48. The molecule has 0 radical (unpaired) electrons. The van der Waals surface area contributed by atoms with Crippen LogP contribution in [0.3, 0.4) is 0 Å². The summed E-state index contributed by atoms with van der Waals surface area (Å²) in [6.07, 6.45) is 4.07. The highest BCUT2D eigenvalue weighted by Crippen LogP contribution is 2.00. The van der Waals surface area contributed by atoms with Crippen molar-refractivity contribution in [3.8, 4) is 0 Å². The zero-order valence-corrected chi connectivity index (χ0v) is 8.54. The molecule has 2 rings (SSSR count). The summed E-state index contributed by atoms with van der Waals surface area (Å²) in [5.74, 6) is 0.630. The van der Waals surface area contributed by atoms with Crippen molar-refractivity contribution < 1.29 is 4.52 Å². The third-order valence-corrected chi connectivity index (χ3v) is 2.22. The monoisotopic (exact) mass is 210 g/mol. The molecule has 2 aromatic rings. The molecule has 5 nitrogen and oxygen atoms in total. The molecule has 1 N–H and O–H groups in total. The van der Waals surface area contributed by atoms with Crippen LogP contribution >= 0.6 is 12.2 Å². The van der Waals surface area contributed by atoms with Gasteiger partial charge in [0.2, 0.25) is 5.89 Å². The number of aromatic amines is 1. The van der Waals surface area contributed by atoms with Gasteiger partial charge >= 0.3 is 0 Å². The van der Waals surface area contributed by atoms with Crippen LogP contribution in [0.1, 0.15) is 11.6 Å². The van der Waals surface area contributed by atoms with Crippen molar-refractivity contribution in [2.24, 2.45) is 0 Å². The second kappa shape index (κ2) is 3.75. The molecule has 0 bridgehead atoms. The van der Waals surface area contributed by atoms with Crippen molar-refractivity contribution in [2.45, 2.75) is 19.9 Å². The van der Waals surface area contributed by atoms with E-state index in [2.05, 4.69) is 15.1 Å². The van der Waals surface area contributed by atoms with Gasteiger partial charge in [0.25, 0.3) is 0 Å². The first-order chi connectivity index (χ1) is 6.75. The second-order valence-corrected chi connectivity index (χ2v) is 3.41. The number of hydrogen-bond donors (Lipinski definition) is 1. The minimum atomic E-state index is 0.630. The molecule has 0 saturated heterocycles. The first-order valence-corrected chi connectivity index (χ1v) is 4.68. The lowest BCUT2D eigenvalue weighted by Crippen LogP contribution is -2.00. The van der Waals surface area contributed by atoms with E-state index in [0.717, 1.165) is 17.0 Å². The molecule has 0 spiro atoms. The molecule has 0 aliphatic rings. The molecule has 74 valence electrons. The van der Waals surface area contributed by atoms with E-state index < -0.39 is 0 Å². The highest BCUT2D eigenvalue weighted by molar-refractivity contribution is 7.71. The van der Waals surface area contributed by atoms with E-state index in [0.29, 0.717) is 12.3 Å². The third kappa shape index (κ3) is 1.90. The topological polar surface area (TPSA) is 59.6 Å². The van der Waals surface area contributed by atoms with Crippen LogP contribution in [0.15, 0.2) is 17.0 Å². The van der Waals surface area contributed by atoms with E-state index in [4.69, 9.17) is 16.7 Å². The van der Waals surface area contributed by atoms with Crippen molar-refractivity contribution in [1.82, 2.24) is 19.7 Å². The summed E-state index contributed by atoms with van der Waals surface area (Å²) in [5.41, 5.74) is 1.06. The van der Waals surface area contributed by atoms with Gasteiger partial charge in [-0.2, -0.15) is 4.98 Å². The highest BCUT2D eigenvalue weighted by Gasteiger charge is 2.01. The summed E-state index contributed by atoms with van der Waals surface area (Å²) in [5, 5.41) is 3.53. The van der Waals surface area contributed by atoms with Crippen LogP contribution in [-0.2, 0) is 13.0 Å². The third-order valence-electron chi connectivity index (χ3n) is 1.89. The Morgan fingerprint density at radius 3 is 3.07 bits per heavy atom. The molecule has 2 aromatic heterocycles. The summed E-state index contributed by atoms with van der Waals surface area (Å²) in [4.78, 5) is 6.98. The van der Waals surface area contributed by atoms with E-state index in [9.17, 15) is 0 Å². The second-order valence-electron chi connectivity index (χ2n) is 3.02. The molecule has 0 aliphatic carbocycles. The van der Waals surface area contributed by atoms with E-state index in [1.165, 1.54) is 6.33 Å². The fraction of sp³-hybridized carbons (Fsp3) is 0.375. The number of aromatic nitrogens is 4. The molecular formula is C8H10N4OS. The molecule has 0 fully saturated rings. The van der Waals surface area contributed by atoms with Gasteiger partial charge in [0.05, 0.1) is 0 Å². The highest BCUT2D eigenvalue weighted by atomic mass is 32.1. The van der Waals surface area contributed by atoms with Crippen molar-refractivity contribution in [3.63, 3.8) is 0 Å². The van der Waals surface area contributed by atoms with E-state index >= 15 is 0 Å². The van der Waals surface area contributed by atoms with E-state index in [1.54, 1.807) is 0 Å². The Labute approximate surface area is 85.8 Å². The van der Waals surface area contributed by atoms with Gasteiger partial charge in [-0.1, -0.05) is 5.16 Å². The van der Waals surface area contributed by atoms with Crippen LogP contribution in [0, 0.1) is 11.7 Å². The number of imidazole rings is 1. The minimum Gasteiger partial charge on any atom is -0.340 e. The average molecular weight is 210 g/mol. The standard InChI is InChI=1S/C8H10N4OS/c1-6-4-12(8(14)11-6)3-2-7-9-5-10-13-7/h4-5H,2-3H2,1H3,(H,11,14). The fourth-order valence-electron chi connectivity index (χ4n) is 1.25. The Hall–Kier alpha value is -1.43. The minimum absolute atomic E-state index is 0.630. The van der Waals surface area contributed by atoms with Crippen LogP contribution in [0.25, 0.3) is 0 Å². The lowest BCUT2D eigenvalue weighted by molar-refractivity contribution is 0.370. The zero-order chi connectivity index (χ0) is 9.97. The van der Waals surface area contributed by atoms with Gasteiger partial charge in [0, 0.05) is 24.9 Å². The Bertz CT molecular complexity index is 456. The number of aryl methyl sites for hydroxylation is 3. The number of nitrogens with zero attached hydrogens (tertiary/aromatic N) is 3. The number of hydrogen-bond acceptors (Lipinski definition) is 4. The summed E-state index contributed by atoms with van der Waals surface area (Å²) in [6.45, 7) is 2.73. The maximum absolute atomic E-state index is 5.11. The quantitative estimate of drug-likeness (QED) is 0.779. The van der Waals surface area contributed by atoms with Crippen molar-refractivity contribution >= 4 is 12.2 Å². The van der Waals surface area contributed by atoms with E-state index in [1.807, 2.05) is 17.7 Å². The first kappa shape index (κ1) is 9.14. The summed E-state index contributed by atoms with van der Waals surface area (Å²) >= 11 is 5.11. The maximum atomic E-state index is 5.11. The number of nitrogens with one attached hydrogen (secondary N) is 1. The molecule has 6 heteroatoms. The van der Waals surface area contributed by atoms with Crippen molar-refractivity contribution in [2.75, 3.05) is 0 Å². The molecule has 0 aromatic carbocycles. The van der Waals surface area contributed by atoms with Crippen LogP contribution < -0.4 is 0 Å². The maximum Gasteiger partial charge on any atom is 0.228 e. The smallest absolute Gasteiger partial charge is 0.228 e. The van der Waals surface area contributed by atoms with Gasteiger partial charge < -0.3 is 14.1 Å². The Kier molecular flexibility index (Phi) is 2.45. The van der Waals surface area contributed by atoms with Gasteiger partial charge in [-0.3, -0.25) is 0 Å². The largest absolute Gasteiger partial charge is 0.340 e. The van der Waals surface area contributed by atoms with Crippen LogP contribution in [0.2, 0.25) is 0 Å². The van der Waals surface area contributed by atoms with Gasteiger partial charge in [-0.05, 0) is 19.1 Å². The molecule has 0 amide bonds. The van der Waals surface area contributed by atoms with Crippen molar-refractivity contribution in [3.05, 3.63) is 28.9 Å². The van der Waals surface area contributed by atoms with Gasteiger partial charge in [0.1, 0.15) is 0 Å². The van der Waals surface area contributed by atoms with Crippen LogP contribution in [0.5, 0.6) is 0 Å². The van der Waals surface area contributed by atoms with Gasteiger partial charge in [-0.15, -0.1) is 0 Å². The number of H-pyrrole nitrogens is 1. The molecule has 0 aliphatic heterocycles. The molecule has 14 heavy (non-hydrogen) atoms. The average Bonchev–Trinajstić information content (AvgIpc) is 2.72. The summed E-state index contributed by atoms with van der Waals surface area (Å²) < 4.78 is 7.56. The van der Waals surface area contributed by atoms with Gasteiger partial charge in [-0.25, -0.2) is 0 Å². The van der Waals surface area contributed by atoms with Gasteiger partial charge in [0.15, 0.2) is 11.1 Å². The molecular weight excluding hydrogens is 200 g/mol. The Balaban J connectivity index is 2.05. The molecule has 0 atom stereocenters. The normalized spacial score (nSPS) is 10.6. The zero-order valence-electron chi connectivity index (χ0n) is 7.73. The van der Waals surface area contributed by atoms with E-state index in [-0.39, 0.29) is 0 Å².